The Morgan fingerprint density at radius 2 is 0.741 bits per heavy atom. The Bertz CT molecular complexity index is 933. The van der Waals surface area contributed by atoms with Gasteiger partial charge in [0.05, 0.1) is 0 Å². The van der Waals surface area contributed by atoms with E-state index in [1.54, 1.807) is 12.1 Å². The number of rotatable bonds is 4. The SMILES string of the molecule is Oc1ccc(P(Br)(c2ccccc2)(c2ccccc2)c2ccccc2)cc1. The molecule has 0 bridgehead atoms. The quantitative estimate of drug-likeness (QED) is 0.454. The Balaban J connectivity index is 2.22. The Kier molecular flexibility index (Phi) is 4.63. The van der Waals surface area contributed by atoms with Gasteiger partial charge >= 0.3 is 168 Å². The molecule has 4 aromatic rings. The molecule has 0 saturated heterocycles. The van der Waals surface area contributed by atoms with Gasteiger partial charge in [0.25, 0.3) is 0 Å². The Labute approximate surface area is 168 Å². The van der Waals surface area contributed by atoms with Gasteiger partial charge in [-0.2, -0.15) is 0 Å². The molecule has 4 rings (SSSR count). The number of phenolic OH excluding ortho intramolecular Hbond substituents is 1. The first-order valence-corrected chi connectivity index (χ1v) is 13.1. The fourth-order valence-corrected chi connectivity index (χ4v) is 11.3. The standard InChI is InChI=1S/C24H20BrOP/c25-27(21-10-4-1-5-11-21,22-12-6-2-7-13-22,23-14-8-3-9-15-23)24-18-16-20(26)17-19-24/h1-19,26H. The number of halogens is 1. The molecule has 0 fully saturated rings. The second-order valence-corrected chi connectivity index (χ2v) is 14.9. The monoisotopic (exact) mass is 434 g/mol. The first-order chi connectivity index (χ1) is 13.1. The average Bonchev–Trinajstić information content (AvgIpc) is 2.76. The zero-order valence-electron chi connectivity index (χ0n) is 14.7. The first-order valence-electron chi connectivity index (χ1n) is 8.84. The van der Waals surface area contributed by atoms with E-state index in [4.69, 9.17) is 0 Å². The summed E-state index contributed by atoms with van der Waals surface area (Å²) in [5, 5.41) is 11.6. The predicted molar refractivity (Wildman–Crippen MR) is 122 cm³/mol. The first kappa shape index (κ1) is 18.0. The summed E-state index contributed by atoms with van der Waals surface area (Å²) in [5.74, 6) is 0.269. The molecule has 1 N–H and O–H groups in total. The molecule has 0 aromatic heterocycles. The predicted octanol–water partition coefficient (Wildman–Crippen LogP) is 4.86. The summed E-state index contributed by atoms with van der Waals surface area (Å²) in [5.41, 5.74) is 0. The van der Waals surface area contributed by atoms with E-state index in [-0.39, 0.29) is 5.75 Å². The molecule has 0 aliphatic rings. The third-order valence-corrected chi connectivity index (χ3v) is 15.0. The van der Waals surface area contributed by atoms with Crippen molar-refractivity contribution in [2.24, 2.45) is 0 Å². The van der Waals surface area contributed by atoms with Gasteiger partial charge in [-0.3, -0.25) is 0 Å². The molecule has 0 radical (unpaired) electrons. The van der Waals surface area contributed by atoms with Gasteiger partial charge in [0.15, 0.2) is 0 Å². The van der Waals surface area contributed by atoms with E-state index >= 15 is 0 Å². The summed E-state index contributed by atoms with van der Waals surface area (Å²) in [7, 11) is 0. The molecule has 134 valence electrons. The molecule has 0 saturated carbocycles. The van der Waals surface area contributed by atoms with Crippen molar-refractivity contribution in [3.05, 3.63) is 115 Å². The minimum absolute atomic E-state index is 0.269. The maximum absolute atomic E-state index is 9.92. The van der Waals surface area contributed by atoms with Crippen LogP contribution in [0.1, 0.15) is 0 Å². The van der Waals surface area contributed by atoms with E-state index in [2.05, 4.69) is 88.3 Å². The molecular weight excluding hydrogens is 415 g/mol. The van der Waals surface area contributed by atoms with Crippen LogP contribution in [0.15, 0.2) is 115 Å². The summed E-state index contributed by atoms with van der Waals surface area (Å²) in [6.45, 7) is 0. The fourth-order valence-electron chi connectivity index (χ4n) is 3.75. The summed E-state index contributed by atoms with van der Waals surface area (Å²) in [6.07, 6.45) is 0. The van der Waals surface area contributed by atoms with E-state index in [0.717, 1.165) is 5.30 Å². The molecule has 0 unspecified atom stereocenters. The summed E-state index contributed by atoms with van der Waals surface area (Å²) >= 11 is 4.40. The Morgan fingerprint density at radius 1 is 0.444 bits per heavy atom. The van der Waals surface area contributed by atoms with E-state index in [0.29, 0.717) is 0 Å². The topological polar surface area (TPSA) is 20.2 Å². The van der Waals surface area contributed by atoms with E-state index in [1.165, 1.54) is 15.9 Å². The Morgan fingerprint density at radius 3 is 1.07 bits per heavy atom. The molecule has 0 aliphatic heterocycles. The molecule has 0 aliphatic carbocycles. The van der Waals surface area contributed by atoms with Crippen molar-refractivity contribution in [2.75, 3.05) is 0 Å². The molecule has 0 atom stereocenters. The molecule has 4 aromatic carbocycles. The van der Waals surface area contributed by atoms with Crippen LogP contribution < -0.4 is 21.2 Å². The van der Waals surface area contributed by atoms with Crippen LogP contribution in [0, 0.1) is 0 Å². The van der Waals surface area contributed by atoms with Gasteiger partial charge in [-0.15, -0.1) is 0 Å². The third kappa shape index (κ3) is 2.72. The van der Waals surface area contributed by atoms with Gasteiger partial charge in [-0.05, 0) is 0 Å². The van der Waals surface area contributed by atoms with Crippen molar-refractivity contribution in [1.29, 1.82) is 0 Å². The van der Waals surface area contributed by atoms with Crippen LogP contribution in [-0.2, 0) is 0 Å². The molecule has 27 heavy (non-hydrogen) atoms. The molecule has 0 heterocycles. The van der Waals surface area contributed by atoms with Gasteiger partial charge in [0, 0.05) is 0 Å². The van der Waals surface area contributed by atoms with Crippen molar-refractivity contribution in [3.63, 3.8) is 0 Å². The van der Waals surface area contributed by atoms with E-state index in [1.807, 2.05) is 30.3 Å². The van der Waals surface area contributed by atoms with Crippen LogP contribution in [0.2, 0.25) is 0 Å². The van der Waals surface area contributed by atoms with Gasteiger partial charge in [-0.25, -0.2) is 0 Å². The molecular formula is C24H20BrOP. The fraction of sp³-hybridized carbons (Fsp3) is 0. The van der Waals surface area contributed by atoms with Crippen LogP contribution in [0.5, 0.6) is 5.75 Å². The average molecular weight is 435 g/mol. The van der Waals surface area contributed by atoms with Crippen molar-refractivity contribution in [2.45, 2.75) is 0 Å². The van der Waals surface area contributed by atoms with Crippen molar-refractivity contribution >= 4 is 42.0 Å². The van der Waals surface area contributed by atoms with Crippen LogP contribution in [0.25, 0.3) is 0 Å². The van der Waals surface area contributed by atoms with Crippen LogP contribution in [0.3, 0.4) is 0 Å². The molecule has 3 heteroatoms. The van der Waals surface area contributed by atoms with Crippen molar-refractivity contribution in [3.8, 4) is 5.75 Å². The van der Waals surface area contributed by atoms with Gasteiger partial charge in [0.2, 0.25) is 0 Å². The molecule has 1 nitrogen and oxygen atoms in total. The van der Waals surface area contributed by atoms with Crippen LogP contribution in [-0.4, -0.2) is 5.11 Å². The van der Waals surface area contributed by atoms with Crippen molar-refractivity contribution < 1.29 is 5.11 Å². The van der Waals surface area contributed by atoms with E-state index < -0.39 is 5.31 Å². The van der Waals surface area contributed by atoms with E-state index in [9.17, 15) is 5.11 Å². The summed E-state index contributed by atoms with van der Waals surface area (Å²) in [6, 6.07) is 39.4. The summed E-state index contributed by atoms with van der Waals surface area (Å²) in [4.78, 5) is 0. The number of benzene rings is 4. The molecule has 0 amide bonds. The normalized spacial score (nSPS) is 12.9. The van der Waals surface area contributed by atoms with Gasteiger partial charge in [0.1, 0.15) is 0 Å². The number of hydrogen-bond donors (Lipinski definition) is 1. The second-order valence-electron chi connectivity index (χ2n) is 6.53. The van der Waals surface area contributed by atoms with Gasteiger partial charge < -0.3 is 0 Å². The minimum atomic E-state index is -3.14. The zero-order chi connectivity index (χ0) is 18.8. The summed E-state index contributed by atoms with van der Waals surface area (Å²) < 4.78 is 0. The second kappa shape index (κ2) is 6.96. The van der Waals surface area contributed by atoms with Crippen LogP contribution in [0.4, 0.5) is 0 Å². The maximum atomic E-state index is 9.92. The zero-order valence-corrected chi connectivity index (χ0v) is 17.2. The third-order valence-electron chi connectivity index (χ3n) is 5.06. The number of aromatic hydroxyl groups is 1. The number of phenols is 1. The van der Waals surface area contributed by atoms with Crippen LogP contribution >= 0.6 is 20.8 Å². The van der Waals surface area contributed by atoms with Crippen molar-refractivity contribution in [1.82, 2.24) is 0 Å². The molecule has 0 spiro atoms. The Hall–Kier alpha value is -2.41. The number of hydrogen-bond acceptors (Lipinski definition) is 1. The van der Waals surface area contributed by atoms with Gasteiger partial charge in [-0.1, -0.05) is 0 Å².